The van der Waals surface area contributed by atoms with Gasteiger partial charge in [0.1, 0.15) is 22.8 Å². The monoisotopic (exact) mass is 371 g/mol. The second kappa shape index (κ2) is 6.32. The number of nitriles is 1. The minimum absolute atomic E-state index is 0.353. The first-order chi connectivity index (χ1) is 13.8. The molecule has 0 spiro atoms. The van der Waals surface area contributed by atoms with Gasteiger partial charge in [-0.25, -0.2) is 14.4 Å². The Hall–Kier alpha value is -3.99. The maximum atomic E-state index is 14.6. The van der Waals surface area contributed by atoms with E-state index in [9.17, 15) is 4.39 Å². The molecule has 5 aromatic rings. The highest BCUT2D eigenvalue weighted by atomic mass is 19.1. The van der Waals surface area contributed by atoms with E-state index >= 15 is 0 Å². The van der Waals surface area contributed by atoms with Crippen molar-refractivity contribution < 1.29 is 4.39 Å². The van der Waals surface area contributed by atoms with Gasteiger partial charge < -0.3 is 4.98 Å². The lowest BCUT2D eigenvalue weighted by Gasteiger charge is -2.08. The van der Waals surface area contributed by atoms with Crippen LogP contribution in [0.4, 0.5) is 4.39 Å². The summed E-state index contributed by atoms with van der Waals surface area (Å²) in [5.74, 6) is 0.123. The van der Waals surface area contributed by atoms with Crippen LogP contribution in [0.15, 0.2) is 55.1 Å². The Bertz CT molecular complexity index is 1350. The molecule has 5 rings (SSSR count). The fraction of sp³-hybridized carbons (Fsp3) is 0.100. The summed E-state index contributed by atoms with van der Waals surface area (Å²) in [5.41, 5.74) is 3.35. The third-order valence-electron chi connectivity index (χ3n) is 4.65. The number of hydrogen-bond donors (Lipinski definition) is 1. The Balaban J connectivity index is 1.83. The Morgan fingerprint density at radius 3 is 2.93 bits per heavy atom. The van der Waals surface area contributed by atoms with Gasteiger partial charge >= 0.3 is 0 Å². The molecule has 4 aromatic heterocycles. The highest BCUT2D eigenvalue weighted by Crippen LogP contribution is 2.33. The lowest BCUT2D eigenvalue weighted by atomic mass is 10.2. The average molecular weight is 371 g/mol. The summed E-state index contributed by atoms with van der Waals surface area (Å²) >= 11 is 0. The molecule has 0 radical (unpaired) electrons. The van der Waals surface area contributed by atoms with Gasteiger partial charge in [-0.2, -0.15) is 10.4 Å². The number of fused-ring (bicyclic) bond motifs is 3. The number of benzene rings is 1. The number of nitrogens with zero attached hydrogens (tertiary/aromatic N) is 6. The van der Waals surface area contributed by atoms with Gasteiger partial charge in [0.15, 0.2) is 0 Å². The summed E-state index contributed by atoms with van der Waals surface area (Å²) in [6.07, 6.45) is 7.38. The van der Waals surface area contributed by atoms with Gasteiger partial charge in [-0.05, 0) is 18.2 Å². The zero-order valence-electron chi connectivity index (χ0n) is 14.7. The molecular weight excluding hydrogens is 357 g/mol. The number of nitrogens with one attached hydrogen (secondary N) is 1. The maximum Gasteiger partial charge on any atom is 0.148 e. The van der Waals surface area contributed by atoms with Crippen molar-refractivity contribution in [2.24, 2.45) is 0 Å². The maximum absolute atomic E-state index is 14.6. The first-order valence-corrected chi connectivity index (χ1v) is 8.75. The van der Waals surface area contributed by atoms with Crippen LogP contribution in [0.1, 0.15) is 6.42 Å². The Labute approximate surface area is 158 Å². The molecule has 0 aliphatic carbocycles. The molecule has 1 N–H and O–H groups in total. The van der Waals surface area contributed by atoms with E-state index in [1.165, 1.54) is 6.07 Å². The molecule has 0 fully saturated rings. The van der Waals surface area contributed by atoms with Crippen LogP contribution >= 0.6 is 0 Å². The van der Waals surface area contributed by atoms with Gasteiger partial charge in [-0.3, -0.25) is 9.25 Å². The fourth-order valence-electron chi connectivity index (χ4n) is 3.40. The normalized spacial score (nSPS) is 11.3. The summed E-state index contributed by atoms with van der Waals surface area (Å²) in [6, 6.07) is 10.6. The SMILES string of the molecule is N#CCCn1cc(-n2c(-c3ccccc3F)nc3cnc4[nH]ccc4c32)cn1. The van der Waals surface area contributed by atoms with Gasteiger partial charge in [0, 0.05) is 17.8 Å². The second-order valence-corrected chi connectivity index (χ2v) is 6.35. The van der Waals surface area contributed by atoms with E-state index in [4.69, 9.17) is 5.26 Å². The highest BCUT2D eigenvalue weighted by molar-refractivity contribution is 6.03. The molecular formula is C20H14FN7. The number of rotatable bonds is 4. The Morgan fingerprint density at radius 2 is 2.07 bits per heavy atom. The second-order valence-electron chi connectivity index (χ2n) is 6.35. The molecule has 0 unspecified atom stereocenters. The molecule has 136 valence electrons. The van der Waals surface area contributed by atoms with Crippen LogP contribution in [0.5, 0.6) is 0 Å². The highest BCUT2D eigenvalue weighted by Gasteiger charge is 2.20. The van der Waals surface area contributed by atoms with Crippen LogP contribution in [0.3, 0.4) is 0 Å². The van der Waals surface area contributed by atoms with E-state index in [2.05, 4.69) is 26.1 Å². The molecule has 0 aliphatic rings. The van der Waals surface area contributed by atoms with Gasteiger partial charge in [0.25, 0.3) is 0 Å². The van der Waals surface area contributed by atoms with E-state index in [0.29, 0.717) is 29.9 Å². The molecule has 8 heteroatoms. The number of aromatic amines is 1. The molecule has 0 aliphatic heterocycles. The van der Waals surface area contributed by atoms with E-state index in [1.807, 2.05) is 23.0 Å². The largest absolute Gasteiger partial charge is 0.346 e. The third-order valence-corrected chi connectivity index (χ3v) is 4.65. The molecule has 4 heterocycles. The van der Waals surface area contributed by atoms with Crippen molar-refractivity contribution in [1.29, 1.82) is 5.26 Å². The van der Waals surface area contributed by atoms with E-state index < -0.39 is 0 Å². The van der Waals surface area contributed by atoms with Crippen LogP contribution in [-0.2, 0) is 6.54 Å². The van der Waals surface area contributed by atoms with E-state index in [1.54, 1.807) is 35.3 Å². The number of aromatic nitrogens is 6. The van der Waals surface area contributed by atoms with E-state index in [0.717, 1.165) is 22.2 Å². The summed E-state index contributed by atoms with van der Waals surface area (Å²) in [7, 11) is 0. The molecule has 7 nitrogen and oxygen atoms in total. The first kappa shape index (κ1) is 16.2. The lowest BCUT2D eigenvalue weighted by Crippen LogP contribution is -1.99. The van der Waals surface area contributed by atoms with E-state index in [-0.39, 0.29) is 5.82 Å². The number of imidazole rings is 1. The molecule has 0 bridgehead atoms. The van der Waals surface area contributed by atoms with Crippen molar-refractivity contribution in [2.75, 3.05) is 0 Å². The zero-order valence-corrected chi connectivity index (χ0v) is 14.7. The van der Waals surface area contributed by atoms with Gasteiger partial charge in [-0.1, -0.05) is 12.1 Å². The van der Waals surface area contributed by atoms with Crippen molar-refractivity contribution >= 4 is 22.1 Å². The lowest BCUT2D eigenvalue weighted by molar-refractivity contribution is 0.627. The molecule has 28 heavy (non-hydrogen) atoms. The summed E-state index contributed by atoms with van der Waals surface area (Å²) in [4.78, 5) is 12.2. The molecule has 0 saturated heterocycles. The van der Waals surface area contributed by atoms with Gasteiger partial charge in [0.2, 0.25) is 0 Å². The topological polar surface area (TPSA) is 88.1 Å². The Kier molecular flexibility index (Phi) is 3.66. The first-order valence-electron chi connectivity index (χ1n) is 8.75. The number of pyridine rings is 1. The van der Waals surface area contributed by atoms with Crippen molar-refractivity contribution in [3.05, 3.63) is 60.9 Å². The number of H-pyrrole nitrogens is 1. The van der Waals surface area contributed by atoms with Crippen molar-refractivity contribution in [3.63, 3.8) is 0 Å². The summed E-state index contributed by atoms with van der Waals surface area (Å²) < 4.78 is 18.2. The molecule has 0 atom stereocenters. The van der Waals surface area contributed by atoms with Crippen LogP contribution in [-0.4, -0.2) is 29.3 Å². The Morgan fingerprint density at radius 1 is 1.18 bits per heavy atom. The van der Waals surface area contributed by atoms with Crippen LogP contribution in [0.2, 0.25) is 0 Å². The molecule has 1 aromatic carbocycles. The fourth-order valence-corrected chi connectivity index (χ4v) is 3.40. The molecule has 0 amide bonds. The minimum atomic E-state index is -0.353. The van der Waals surface area contributed by atoms with Crippen LogP contribution < -0.4 is 0 Å². The van der Waals surface area contributed by atoms with Crippen LogP contribution in [0, 0.1) is 17.1 Å². The van der Waals surface area contributed by atoms with Crippen molar-refractivity contribution in [1.82, 2.24) is 29.3 Å². The van der Waals surface area contributed by atoms with Crippen LogP contribution in [0.25, 0.3) is 39.1 Å². The summed E-state index contributed by atoms with van der Waals surface area (Å²) in [5, 5.41) is 14.0. The molecule has 0 saturated carbocycles. The predicted molar refractivity (Wildman–Crippen MR) is 102 cm³/mol. The quantitative estimate of drug-likeness (QED) is 0.520. The van der Waals surface area contributed by atoms with Crippen molar-refractivity contribution in [3.8, 4) is 23.1 Å². The third kappa shape index (κ3) is 2.45. The average Bonchev–Trinajstić information content (AvgIpc) is 3.43. The number of hydrogen-bond acceptors (Lipinski definition) is 4. The summed E-state index contributed by atoms with van der Waals surface area (Å²) in [6.45, 7) is 0.485. The van der Waals surface area contributed by atoms with Gasteiger partial charge in [0.05, 0.1) is 48.2 Å². The van der Waals surface area contributed by atoms with Gasteiger partial charge in [-0.15, -0.1) is 0 Å². The number of halogens is 1. The zero-order chi connectivity index (χ0) is 19.1. The van der Waals surface area contributed by atoms with Crippen molar-refractivity contribution in [2.45, 2.75) is 13.0 Å². The number of aryl methyl sites for hydroxylation is 1. The smallest absolute Gasteiger partial charge is 0.148 e. The minimum Gasteiger partial charge on any atom is -0.346 e. The predicted octanol–water partition coefficient (Wildman–Crippen LogP) is 3.82. The standard InChI is InChI=1S/C20H14FN7/c21-16-5-2-1-4-14(16)20-26-17-11-24-19-15(6-8-23-19)18(17)28(20)13-10-25-27(12-13)9-3-7-22/h1-2,4-6,8,10-12H,3,9H2,(H,23,24).